The van der Waals surface area contributed by atoms with Gasteiger partial charge in [-0.05, 0) is 43.4 Å². The third kappa shape index (κ3) is 8.69. The van der Waals surface area contributed by atoms with E-state index in [2.05, 4.69) is 22.5 Å². The topological polar surface area (TPSA) is 75.6 Å². The molecule has 3 atom stereocenters. The Hall–Kier alpha value is -1.68. The standard InChI is InChI=1S/C24H34N4O2S.HI/c1-3-25-24(28-21-11-8-12-22(16-21)31(29)4-2)27-17-20-13-14-26-23(15-20)30-18-19-9-6-5-7-10-19;/h5-7,9-10,13-15,21-22H,3-4,8,11-12,16-18H2,1-2H3,(H2,25,27,28);1H. The van der Waals surface area contributed by atoms with E-state index in [0.29, 0.717) is 30.3 Å². The Morgan fingerprint density at radius 3 is 2.75 bits per heavy atom. The average Bonchev–Trinajstić information content (AvgIpc) is 2.82. The molecule has 2 aromatic rings. The van der Waals surface area contributed by atoms with E-state index in [0.717, 1.165) is 55.1 Å². The van der Waals surface area contributed by atoms with Crippen LogP contribution in [0.5, 0.6) is 5.88 Å². The van der Waals surface area contributed by atoms with E-state index in [1.165, 1.54) is 0 Å². The first-order valence-corrected chi connectivity index (χ1v) is 12.6. The van der Waals surface area contributed by atoms with Gasteiger partial charge in [0.1, 0.15) is 6.61 Å². The molecule has 176 valence electrons. The molecule has 0 aliphatic heterocycles. The van der Waals surface area contributed by atoms with E-state index < -0.39 is 10.8 Å². The lowest BCUT2D eigenvalue weighted by Gasteiger charge is -2.30. The molecule has 0 spiro atoms. The van der Waals surface area contributed by atoms with Gasteiger partial charge >= 0.3 is 0 Å². The molecule has 32 heavy (non-hydrogen) atoms. The largest absolute Gasteiger partial charge is 0.473 e. The Balaban J connectivity index is 0.00000363. The molecule has 1 fully saturated rings. The Labute approximate surface area is 211 Å². The van der Waals surface area contributed by atoms with E-state index >= 15 is 0 Å². The van der Waals surface area contributed by atoms with Crippen molar-refractivity contribution in [3.05, 3.63) is 59.8 Å². The maximum atomic E-state index is 12.2. The van der Waals surface area contributed by atoms with Crippen molar-refractivity contribution in [2.45, 2.75) is 64.0 Å². The molecule has 2 N–H and O–H groups in total. The van der Waals surface area contributed by atoms with Gasteiger partial charge in [-0.2, -0.15) is 0 Å². The van der Waals surface area contributed by atoms with Crippen LogP contribution in [-0.2, 0) is 24.0 Å². The van der Waals surface area contributed by atoms with Crippen molar-refractivity contribution in [3.8, 4) is 5.88 Å². The molecule has 0 amide bonds. The van der Waals surface area contributed by atoms with E-state index in [1.807, 2.05) is 49.4 Å². The van der Waals surface area contributed by atoms with Gasteiger partial charge in [0.15, 0.2) is 5.96 Å². The SMILES string of the molecule is CCNC(=NCc1ccnc(OCc2ccccc2)c1)NC1CCCC(S(=O)CC)C1.I. The molecular formula is C24H35IN4O2S. The molecule has 3 rings (SSSR count). The fourth-order valence-corrected chi connectivity index (χ4v) is 5.14. The number of aliphatic imine (C=N–C) groups is 1. The third-order valence-electron chi connectivity index (χ3n) is 5.42. The Morgan fingerprint density at radius 1 is 1.19 bits per heavy atom. The van der Waals surface area contributed by atoms with Crippen molar-refractivity contribution in [2.24, 2.45) is 4.99 Å². The van der Waals surface area contributed by atoms with E-state index in [4.69, 9.17) is 9.73 Å². The summed E-state index contributed by atoms with van der Waals surface area (Å²) in [4.78, 5) is 9.08. The number of hydrogen-bond acceptors (Lipinski definition) is 4. The van der Waals surface area contributed by atoms with Gasteiger partial charge < -0.3 is 15.4 Å². The highest BCUT2D eigenvalue weighted by atomic mass is 127. The molecule has 1 aromatic heterocycles. The Kier molecular flexibility index (Phi) is 12.0. The van der Waals surface area contributed by atoms with Crippen LogP contribution < -0.4 is 15.4 Å². The molecule has 6 nitrogen and oxygen atoms in total. The normalized spacial score (nSPS) is 19.5. The lowest BCUT2D eigenvalue weighted by atomic mass is 9.95. The number of aromatic nitrogens is 1. The molecule has 0 saturated heterocycles. The molecule has 0 radical (unpaired) electrons. The first kappa shape index (κ1) is 26.6. The smallest absolute Gasteiger partial charge is 0.213 e. The van der Waals surface area contributed by atoms with E-state index in [9.17, 15) is 4.21 Å². The van der Waals surface area contributed by atoms with Gasteiger partial charge in [-0.3, -0.25) is 4.21 Å². The van der Waals surface area contributed by atoms with Gasteiger partial charge in [-0.15, -0.1) is 24.0 Å². The highest BCUT2D eigenvalue weighted by molar-refractivity contribution is 14.0. The molecule has 0 bridgehead atoms. The summed E-state index contributed by atoms with van der Waals surface area (Å²) in [6.07, 6.45) is 5.97. The summed E-state index contributed by atoms with van der Waals surface area (Å²) in [7, 11) is -0.726. The molecule has 1 aliphatic rings. The zero-order chi connectivity index (χ0) is 21.9. The summed E-state index contributed by atoms with van der Waals surface area (Å²) in [5.74, 6) is 2.15. The molecular weight excluding hydrogens is 535 g/mol. The monoisotopic (exact) mass is 570 g/mol. The second kappa shape index (κ2) is 14.5. The number of ether oxygens (including phenoxy) is 1. The minimum Gasteiger partial charge on any atom is -0.473 e. The van der Waals surface area contributed by atoms with Gasteiger partial charge in [0.2, 0.25) is 5.88 Å². The summed E-state index contributed by atoms with van der Waals surface area (Å²) in [6.45, 7) is 5.90. The van der Waals surface area contributed by atoms with Crippen LogP contribution in [0.3, 0.4) is 0 Å². The summed E-state index contributed by atoms with van der Waals surface area (Å²) >= 11 is 0. The van der Waals surface area contributed by atoms with Gasteiger partial charge in [0.25, 0.3) is 0 Å². The van der Waals surface area contributed by atoms with E-state index in [-0.39, 0.29) is 24.0 Å². The lowest BCUT2D eigenvalue weighted by molar-refractivity contribution is 0.293. The van der Waals surface area contributed by atoms with E-state index in [1.54, 1.807) is 6.20 Å². The second-order valence-electron chi connectivity index (χ2n) is 7.77. The highest BCUT2D eigenvalue weighted by Crippen LogP contribution is 2.23. The molecule has 1 aliphatic carbocycles. The summed E-state index contributed by atoms with van der Waals surface area (Å²) in [5.41, 5.74) is 2.16. The van der Waals surface area contributed by atoms with Crippen LogP contribution in [0.2, 0.25) is 0 Å². The van der Waals surface area contributed by atoms with Crippen molar-refractivity contribution < 1.29 is 8.95 Å². The number of rotatable bonds is 9. The molecule has 8 heteroatoms. The number of nitrogens with one attached hydrogen (secondary N) is 2. The molecule has 1 heterocycles. The Bertz CT molecular complexity index is 866. The minimum absolute atomic E-state index is 0. The number of hydrogen-bond donors (Lipinski definition) is 2. The predicted octanol–water partition coefficient (Wildman–Crippen LogP) is 4.41. The van der Waals surface area contributed by atoms with Crippen LogP contribution in [0.1, 0.15) is 50.7 Å². The summed E-state index contributed by atoms with van der Waals surface area (Å²) in [6, 6.07) is 14.3. The van der Waals surface area contributed by atoms with Gasteiger partial charge in [0, 0.05) is 46.7 Å². The van der Waals surface area contributed by atoms with Crippen LogP contribution in [0.4, 0.5) is 0 Å². The zero-order valence-electron chi connectivity index (χ0n) is 19.0. The maximum Gasteiger partial charge on any atom is 0.213 e. The first-order chi connectivity index (χ1) is 15.2. The quantitative estimate of drug-likeness (QED) is 0.266. The van der Waals surface area contributed by atoms with Crippen LogP contribution in [0, 0.1) is 0 Å². The molecule has 1 aromatic carbocycles. The van der Waals surface area contributed by atoms with Crippen LogP contribution >= 0.6 is 24.0 Å². The number of nitrogens with zero attached hydrogens (tertiary/aromatic N) is 2. The van der Waals surface area contributed by atoms with Crippen molar-refractivity contribution >= 4 is 40.7 Å². The van der Waals surface area contributed by atoms with Gasteiger partial charge in [-0.25, -0.2) is 9.98 Å². The molecule has 3 unspecified atom stereocenters. The Morgan fingerprint density at radius 2 is 2.00 bits per heavy atom. The third-order valence-corrected chi connectivity index (χ3v) is 7.16. The molecule has 1 saturated carbocycles. The van der Waals surface area contributed by atoms with Crippen LogP contribution in [0.25, 0.3) is 0 Å². The average molecular weight is 571 g/mol. The van der Waals surface area contributed by atoms with Gasteiger partial charge in [0.05, 0.1) is 6.54 Å². The number of benzene rings is 1. The number of halogens is 1. The van der Waals surface area contributed by atoms with Crippen molar-refractivity contribution in [1.82, 2.24) is 15.6 Å². The van der Waals surface area contributed by atoms with Crippen LogP contribution in [-0.4, -0.2) is 38.7 Å². The van der Waals surface area contributed by atoms with Gasteiger partial charge in [-0.1, -0.05) is 43.7 Å². The van der Waals surface area contributed by atoms with Crippen molar-refractivity contribution in [3.63, 3.8) is 0 Å². The fourth-order valence-electron chi connectivity index (χ4n) is 3.79. The lowest BCUT2D eigenvalue weighted by Crippen LogP contribution is -2.46. The summed E-state index contributed by atoms with van der Waals surface area (Å²) < 4.78 is 18.1. The van der Waals surface area contributed by atoms with Crippen molar-refractivity contribution in [2.75, 3.05) is 12.3 Å². The first-order valence-electron chi connectivity index (χ1n) is 11.2. The second-order valence-corrected chi connectivity index (χ2v) is 9.78. The highest BCUT2D eigenvalue weighted by Gasteiger charge is 2.26. The fraction of sp³-hybridized carbons (Fsp3) is 0.500. The number of guanidine groups is 1. The summed E-state index contributed by atoms with van der Waals surface area (Å²) in [5, 5.41) is 7.19. The predicted molar refractivity (Wildman–Crippen MR) is 143 cm³/mol. The zero-order valence-corrected chi connectivity index (χ0v) is 22.1. The minimum atomic E-state index is -0.726. The maximum absolute atomic E-state index is 12.2. The van der Waals surface area contributed by atoms with Crippen LogP contribution in [0.15, 0.2) is 53.7 Å². The number of pyridine rings is 1. The van der Waals surface area contributed by atoms with Crippen molar-refractivity contribution in [1.29, 1.82) is 0 Å².